The number of carbonyl (C=O) groups is 2. The molecule has 0 atom stereocenters. The number of thiophene rings is 2. The first-order valence-corrected chi connectivity index (χ1v) is 13.1. The maximum atomic E-state index is 11.5. The molecule has 0 saturated carbocycles. The van der Waals surface area contributed by atoms with Crippen molar-refractivity contribution in [2.75, 3.05) is 37.3 Å². The Morgan fingerprint density at radius 2 is 1.17 bits per heavy atom. The van der Waals surface area contributed by atoms with Crippen molar-refractivity contribution in [1.29, 1.82) is 0 Å². The first kappa shape index (κ1) is 28.7. The van der Waals surface area contributed by atoms with E-state index in [-0.39, 0.29) is 29.3 Å². The topological polar surface area (TPSA) is 202 Å². The van der Waals surface area contributed by atoms with Gasteiger partial charge in [-0.2, -0.15) is 15.0 Å². The van der Waals surface area contributed by atoms with E-state index in [2.05, 4.69) is 50.9 Å². The second kappa shape index (κ2) is 13.2. The van der Waals surface area contributed by atoms with Crippen molar-refractivity contribution >= 4 is 79.6 Å². The summed E-state index contributed by atoms with van der Waals surface area (Å²) in [6.45, 7) is 0. The van der Waals surface area contributed by atoms with Gasteiger partial charge >= 0.3 is 11.9 Å². The smallest absolute Gasteiger partial charge is 0.358 e. The Balaban J connectivity index is 1.64. The van der Waals surface area contributed by atoms with Crippen molar-refractivity contribution in [3.63, 3.8) is 0 Å². The summed E-state index contributed by atoms with van der Waals surface area (Å²) in [4.78, 5) is 45.6. The van der Waals surface area contributed by atoms with Crippen LogP contribution in [-0.4, -0.2) is 69.9 Å². The number of carboxylic acid groups (broad SMARTS) is 2. The molecule has 3 heterocycles. The molecular weight excluding hydrogens is 576 g/mol. The third kappa shape index (κ3) is 7.43. The predicted octanol–water partition coefficient (Wildman–Crippen LogP) is 4.10. The average molecular weight is 599 g/mol. The summed E-state index contributed by atoms with van der Waals surface area (Å²) in [6, 6.07) is 10.2. The fourth-order valence-corrected chi connectivity index (χ4v) is 4.79. The number of carboxylic acids is 2. The number of anilines is 6. The van der Waals surface area contributed by atoms with Gasteiger partial charge in [0.1, 0.15) is 20.0 Å². The van der Waals surface area contributed by atoms with E-state index in [4.69, 9.17) is 4.74 Å². The molecule has 0 unspecified atom stereocenters. The van der Waals surface area contributed by atoms with Crippen molar-refractivity contribution in [2.45, 2.75) is 0 Å². The van der Waals surface area contributed by atoms with Gasteiger partial charge in [-0.05, 0) is 36.4 Å². The van der Waals surface area contributed by atoms with Gasteiger partial charge in [-0.15, -0.1) is 22.7 Å². The molecule has 17 heteroatoms. The molecule has 0 saturated heterocycles. The molecule has 0 radical (unpaired) electrons. The van der Waals surface area contributed by atoms with E-state index in [0.29, 0.717) is 32.6 Å². The number of aromatic nitrogens is 3. The molecule has 15 nitrogen and oxygen atoms in total. The van der Waals surface area contributed by atoms with Crippen LogP contribution in [0.5, 0.6) is 5.75 Å². The van der Waals surface area contributed by atoms with Crippen LogP contribution < -0.4 is 20.7 Å². The Morgan fingerprint density at radius 3 is 1.56 bits per heavy atom. The Labute approximate surface area is 240 Å². The van der Waals surface area contributed by atoms with Crippen molar-refractivity contribution < 1.29 is 34.2 Å². The second-order valence-corrected chi connectivity index (χ2v) is 9.49. The van der Waals surface area contributed by atoms with Crippen LogP contribution >= 0.6 is 22.7 Å². The second-order valence-electron chi connectivity index (χ2n) is 7.66. The van der Waals surface area contributed by atoms with Crippen molar-refractivity contribution in [1.82, 2.24) is 15.0 Å². The largest absolute Gasteiger partial charge is 0.497 e. The lowest BCUT2D eigenvalue weighted by atomic mass is 10.2. The fourth-order valence-electron chi connectivity index (χ4n) is 3.23. The van der Waals surface area contributed by atoms with Gasteiger partial charge in [-0.25, -0.2) is 9.59 Å². The molecule has 4 aromatic rings. The van der Waals surface area contributed by atoms with E-state index in [1.54, 1.807) is 54.3 Å². The zero-order valence-electron chi connectivity index (χ0n) is 21.6. The molecule has 0 amide bonds. The van der Waals surface area contributed by atoms with Crippen LogP contribution in [-0.2, 0) is 19.3 Å². The first-order chi connectivity index (χ1) is 19.8. The summed E-state index contributed by atoms with van der Waals surface area (Å²) in [5.74, 6) is -1.36. The van der Waals surface area contributed by atoms with E-state index < -0.39 is 11.9 Å². The molecule has 4 rings (SSSR count). The summed E-state index contributed by atoms with van der Waals surface area (Å²) in [6.07, 6.45) is 0. The van der Waals surface area contributed by atoms with E-state index in [9.17, 15) is 19.8 Å². The van der Waals surface area contributed by atoms with Gasteiger partial charge in [0.05, 0.1) is 17.1 Å². The minimum Gasteiger partial charge on any atom is -0.497 e. The zero-order chi connectivity index (χ0) is 29.4. The van der Waals surface area contributed by atoms with Gasteiger partial charge in [-0.3, -0.25) is 0 Å². The monoisotopic (exact) mass is 598 g/mol. The highest BCUT2D eigenvalue weighted by molar-refractivity contribution is 7.15. The van der Waals surface area contributed by atoms with E-state index >= 15 is 0 Å². The number of nitrogens with zero attached hydrogens (tertiary/aromatic N) is 5. The molecule has 41 heavy (non-hydrogen) atoms. The molecule has 5 N–H and O–H groups in total. The molecule has 212 valence electrons. The van der Waals surface area contributed by atoms with Crippen molar-refractivity contribution in [2.24, 2.45) is 10.3 Å². The SMILES string of the molecule is CON=C(C(=O)O)c1csc(Nc2nc(Nc3ccc(OC)cc3)nc(Nc3cc(C(=NOC)C(=O)O)cs3)n2)c1. The van der Waals surface area contributed by atoms with Gasteiger partial charge in [0.2, 0.25) is 17.8 Å². The number of benzene rings is 1. The summed E-state index contributed by atoms with van der Waals surface area (Å²) >= 11 is 2.42. The minimum atomic E-state index is -1.24. The molecular formula is C24H22N8O7S2. The van der Waals surface area contributed by atoms with Crippen molar-refractivity contribution in [3.8, 4) is 5.75 Å². The lowest BCUT2D eigenvalue weighted by Crippen LogP contribution is -2.14. The fraction of sp³-hybridized carbons (Fsp3) is 0.125. The van der Waals surface area contributed by atoms with E-state index in [0.717, 1.165) is 0 Å². The Hall–Kier alpha value is -5.29. The Morgan fingerprint density at radius 1 is 0.732 bits per heavy atom. The predicted molar refractivity (Wildman–Crippen MR) is 154 cm³/mol. The van der Waals surface area contributed by atoms with Crippen LogP contribution in [0.3, 0.4) is 0 Å². The highest BCUT2D eigenvalue weighted by Gasteiger charge is 2.18. The van der Waals surface area contributed by atoms with Crippen LogP contribution in [0.1, 0.15) is 11.1 Å². The maximum absolute atomic E-state index is 11.5. The van der Waals surface area contributed by atoms with Gasteiger partial charge in [0, 0.05) is 27.6 Å². The lowest BCUT2D eigenvalue weighted by molar-refractivity contribution is -0.130. The molecule has 3 aromatic heterocycles. The summed E-state index contributed by atoms with van der Waals surface area (Å²) in [5, 5.41) is 39.4. The Bertz CT molecular complexity index is 1510. The number of rotatable bonds is 13. The number of oxime groups is 2. The van der Waals surface area contributed by atoms with E-state index in [1.807, 2.05) is 0 Å². The number of nitrogens with one attached hydrogen (secondary N) is 3. The van der Waals surface area contributed by atoms with Gasteiger partial charge < -0.3 is 40.6 Å². The normalized spacial score (nSPS) is 11.5. The maximum Gasteiger partial charge on any atom is 0.358 e. The molecule has 0 aliphatic carbocycles. The summed E-state index contributed by atoms with van der Waals surface area (Å²) < 4.78 is 5.20. The Kier molecular flexibility index (Phi) is 9.23. The minimum absolute atomic E-state index is 0.136. The summed E-state index contributed by atoms with van der Waals surface area (Å²) in [7, 11) is 4.08. The van der Waals surface area contributed by atoms with E-state index in [1.165, 1.54) is 36.9 Å². The van der Waals surface area contributed by atoms with Gasteiger partial charge in [0.15, 0.2) is 11.4 Å². The number of hydrogen-bond acceptors (Lipinski definition) is 15. The quantitative estimate of drug-likeness (QED) is 0.109. The standard InChI is InChI=1S/C24H22N8O7S2/c1-37-15-6-4-14(5-7-15)25-22-28-23(26-16-8-12(10-40-16)18(20(33)34)31-38-2)30-24(29-22)27-17-9-13(11-41-17)19(21(35)36)32-39-3/h4-11H,1-3H3,(H,33,34)(H,35,36)(H3,25,26,27,28,29,30). The van der Waals surface area contributed by atoms with Crippen LogP contribution in [0.25, 0.3) is 0 Å². The highest BCUT2D eigenvalue weighted by atomic mass is 32.1. The van der Waals surface area contributed by atoms with Gasteiger partial charge in [0.25, 0.3) is 0 Å². The van der Waals surface area contributed by atoms with Crippen LogP contribution in [0.15, 0.2) is 57.5 Å². The lowest BCUT2D eigenvalue weighted by Gasteiger charge is -2.10. The van der Waals surface area contributed by atoms with Crippen molar-refractivity contribution in [3.05, 3.63) is 58.3 Å². The molecule has 1 aromatic carbocycles. The number of hydrogen-bond donors (Lipinski definition) is 5. The molecule has 0 spiro atoms. The molecule has 0 bridgehead atoms. The zero-order valence-corrected chi connectivity index (χ0v) is 23.2. The first-order valence-electron chi connectivity index (χ1n) is 11.4. The van der Waals surface area contributed by atoms with Crippen LogP contribution in [0.4, 0.5) is 33.5 Å². The van der Waals surface area contributed by atoms with Crippen LogP contribution in [0, 0.1) is 0 Å². The highest BCUT2D eigenvalue weighted by Crippen LogP contribution is 2.28. The third-order valence-electron chi connectivity index (χ3n) is 4.97. The number of ether oxygens (including phenoxy) is 1. The average Bonchev–Trinajstić information content (AvgIpc) is 3.60. The third-order valence-corrected chi connectivity index (χ3v) is 6.66. The summed E-state index contributed by atoms with van der Waals surface area (Å²) in [5.41, 5.74) is 0.808. The molecule has 0 aliphatic heterocycles. The van der Waals surface area contributed by atoms with Gasteiger partial charge in [-0.1, -0.05) is 10.3 Å². The number of aliphatic carboxylic acids is 2. The number of methoxy groups -OCH3 is 1. The molecule has 0 fully saturated rings. The molecule has 0 aliphatic rings. The van der Waals surface area contributed by atoms with Crippen LogP contribution in [0.2, 0.25) is 0 Å².